The molecule has 0 aliphatic heterocycles. The number of nitrogens with one attached hydrogen (secondary N) is 1. The number of carboxylic acid groups (broad SMARTS) is 1. The molecule has 3 rings (SSSR count). The summed E-state index contributed by atoms with van der Waals surface area (Å²) in [7, 11) is 0. The lowest BCUT2D eigenvalue weighted by atomic mass is 10.1. The van der Waals surface area contributed by atoms with E-state index in [0.29, 0.717) is 6.07 Å². The van der Waals surface area contributed by atoms with Gasteiger partial charge in [-0.3, -0.25) is 9.36 Å². The summed E-state index contributed by atoms with van der Waals surface area (Å²) >= 11 is 0. The van der Waals surface area contributed by atoms with Gasteiger partial charge in [-0.25, -0.2) is 27.3 Å². The van der Waals surface area contributed by atoms with E-state index in [2.05, 4.69) is 10.3 Å². The van der Waals surface area contributed by atoms with E-state index in [0.717, 1.165) is 22.8 Å². The first-order valence-electron chi connectivity index (χ1n) is 8.04. The minimum Gasteiger partial charge on any atom is -0.465 e. The average molecular weight is 395 g/mol. The second-order valence-electron chi connectivity index (χ2n) is 5.82. The van der Waals surface area contributed by atoms with Gasteiger partial charge in [0.15, 0.2) is 0 Å². The number of alkyl halides is 2. The molecule has 10 heteroatoms. The van der Waals surface area contributed by atoms with E-state index in [4.69, 9.17) is 5.11 Å². The Hall–Kier alpha value is -3.43. The quantitative estimate of drug-likeness (QED) is 0.649. The van der Waals surface area contributed by atoms with Crippen LogP contribution in [-0.2, 0) is 6.42 Å². The SMILES string of the molecule is O=C(O)NCCc1nc2cccc(C(F)F)c2c(=O)n1-c1cc(F)cc(F)c1. The van der Waals surface area contributed by atoms with Crippen LogP contribution in [0.4, 0.5) is 22.4 Å². The topological polar surface area (TPSA) is 84.2 Å². The highest BCUT2D eigenvalue weighted by molar-refractivity contribution is 5.82. The van der Waals surface area contributed by atoms with Crippen LogP contribution in [0.5, 0.6) is 0 Å². The van der Waals surface area contributed by atoms with Crippen LogP contribution >= 0.6 is 0 Å². The highest BCUT2D eigenvalue weighted by Crippen LogP contribution is 2.25. The van der Waals surface area contributed by atoms with Gasteiger partial charge < -0.3 is 10.4 Å². The highest BCUT2D eigenvalue weighted by atomic mass is 19.3. The summed E-state index contributed by atoms with van der Waals surface area (Å²) < 4.78 is 54.9. The van der Waals surface area contributed by atoms with Gasteiger partial charge in [0.1, 0.15) is 17.5 Å². The molecule has 1 amide bonds. The fourth-order valence-electron chi connectivity index (χ4n) is 2.87. The van der Waals surface area contributed by atoms with Crippen LogP contribution in [0.15, 0.2) is 41.2 Å². The van der Waals surface area contributed by atoms with Crippen molar-refractivity contribution in [1.29, 1.82) is 0 Å². The molecule has 146 valence electrons. The van der Waals surface area contributed by atoms with Crippen LogP contribution in [0, 0.1) is 11.6 Å². The maximum absolute atomic E-state index is 13.7. The Labute approximate surface area is 155 Å². The molecule has 0 saturated heterocycles. The lowest BCUT2D eigenvalue weighted by Gasteiger charge is -2.15. The van der Waals surface area contributed by atoms with Crippen molar-refractivity contribution < 1.29 is 27.5 Å². The Kier molecular flexibility index (Phi) is 5.30. The number of nitrogens with zero attached hydrogens (tertiary/aromatic N) is 2. The van der Waals surface area contributed by atoms with Crippen molar-refractivity contribution >= 4 is 17.0 Å². The standard InChI is InChI=1S/C18H13F4N3O3/c19-9-6-10(20)8-11(7-9)25-14(4-5-23-18(27)28)24-13-3-1-2-12(16(21)22)15(13)17(25)26/h1-3,6-8,16,23H,4-5H2,(H,27,28). The Balaban J connectivity index is 2.30. The van der Waals surface area contributed by atoms with Gasteiger partial charge in [-0.1, -0.05) is 12.1 Å². The summed E-state index contributed by atoms with van der Waals surface area (Å²) in [6, 6.07) is 6.04. The summed E-state index contributed by atoms with van der Waals surface area (Å²) in [4.78, 5) is 27.8. The molecule has 6 nitrogen and oxygen atoms in total. The molecular formula is C18H13F4N3O3. The van der Waals surface area contributed by atoms with Crippen molar-refractivity contribution in [1.82, 2.24) is 14.9 Å². The van der Waals surface area contributed by atoms with Gasteiger partial charge in [0.2, 0.25) is 0 Å². The molecule has 0 fully saturated rings. The smallest absolute Gasteiger partial charge is 0.404 e. The fourth-order valence-corrected chi connectivity index (χ4v) is 2.87. The van der Waals surface area contributed by atoms with Gasteiger partial charge in [-0.05, 0) is 18.2 Å². The number of fused-ring (bicyclic) bond motifs is 1. The molecule has 1 heterocycles. The van der Waals surface area contributed by atoms with E-state index in [1.54, 1.807) is 0 Å². The molecule has 0 saturated carbocycles. The Morgan fingerprint density at radius 3 is 2.46 bits per heavy atom. The average Bonchev–Trinajstić information content (AvgIpc) is 2.60. The Bertz CT molecular complexity index is 1090. The predicted molar refractivity (Wildman–Crippen MR) is 91.9 cm³/mol. The largest absolute Gasteiger partial charge is 0.465 e. The first-order valence-corrected chi connectivity index (χ1v) is 8.04. The lowest BCUT2D eigenvalue weighted by Crippen LogP contribution is -2.29. The predicted octanol–water partition coefficient (Wildman–Crippen LogP) is 3.41. The summed E-state index contributed by atoms with van der Waals surface area (Å²) in [5, 5.41) is 10.4. The number of halogens is 4. The molecule has 0 unspecified atom stereocenters. The van der Waals surface area contributed by atoms with Crippen molar-refractivity contribution in [2.75, 3.05) is 6.54 Å². The summed E-state index contributed by atoms with van der Waals surface area (Å²) in [5.74, 6) is -1.99. The molecule has 0 spiro atoms. The van der Waals surface area contributed by atoms with E-state index >= 15 is 0 Å². The molecule has 0 aliphatic rings. The number of amides is 1. The van der Waals surface area contributed by atoms with Crippen LogP contribution in [0.2, 0.25) is 0 Å². The zero-order valence-corrected chi connectivity index (χ0v) is 14.1. The molecule has 3 aromatic rings. The molecule has 0 radical (unpaired) electrons. The number of hydrogen-bond acceptors (Lipinski definition) is 3. The van der Waals surface area contributed by atoms with Crippen LogP contribution in [0.1, 0.15) is 17.8 Å². The number of aromatic nitrogens is 2. The van der Waals surface area contributed by atoms with E-state index < -0.39 is 35.3 Å². The third kappa shape index (κ3) is 3.80. The van der Waals surface area contributed by atoms with Gasteiger partial charge in [0.25, 0.3) is 12.0 Å². The van der Waals surface area contributed by atoms with E-state index in [1.807, 2.05) is 0 Å². The molecule has 2 N–H and O–H groups in total. The van der Waals surface area contributed by atoms with Crippen molar-refractivity contribution in [3.8, 4) is 5.69 Å². The van der Waals surface area contributed by atoms with Gasteiger partial charge in [-0.15, -0.1) is 0 Å². The molecule has 0 aliphatic carbocycles. The number of carbonyl (C=O) groups is 1. The second kappa shape index (κ2) is 7.67. The zero-order valence-electron chi connectivity index (χ0n) is 14.1. The van der Waals surface area contributed by atoms with Crippen LogP contribution in [0.3, 0.4) is 0 Å². The maximum atomic E-state index is 13.7. The molecular weight excluding hydrogens is 382 g/mol. The zero-order chi connectivity index (χ0) is 20.4. The Morgan fingerprint density at radius 1 is 1.18 bits per heavy atom. The normalized spacial score (nSPS) is 11.2. The monoisotopic (exact) mass is 395 g/mol. The molecule has 2 aromatic carbocycles. The molecule has 28 heavy (non-hydrogen) atoms. The first-order chi connectivity index (χ1) is 13.3. The number of benzene rings is 2. The first kappa shape index (κ1) is 19.3. The molecule has 0 bridgehead atoms. The third-order valence-corrected chi connectivity index (χ3v) is 3.96. The fraction of sp³-hybridized carbons (Fsp3) is 0.167. The minimum atomic E-state index is -2.96. The maximum Gasteiger partial charge on any atom is 0.404 e. The van der Waals surface area contributed by atoms with Crippen LogP contribution in [-0.4, -0.2) is 27.3 Å². The van der Waals surface area contributed by atoms with E-state index in [-0.39, 0.29) is 35.4 Å². The summed E-state index contributed by atoms with van der Waals surface area (Å²) in [6.07, 6.45) is -4.39. The van der Waals surface area contributed by atoms with E-state index in [9.17, 15) is 27.2 Å². The van der Waals surface area contributed by atoms with Crippen LogP contribution < -0.4 is 10.9 Å². The van der Waals surface area contributed by atoms with Crippen molar-refractivity contribution in [2.45, 2.75) is 12.8 Å². The van der Waals surface area contributed by atoms with Crippen molar-refractivity contribution in [3.63, 3.8) is 0 Å². The van der Waals surface area contributed by atoms with Gasteiger partial charge >= 0.3 is 6.09 Å². The second-order valence-corrected chi connectivity index (χ2v) is 5.82. The Morgan fingerprint density at radius 2 is 1.86 bits per heavy atom. The summed E-state index contributed by atoms with van der Waals surface area (Å²) in [6.45, 7) is -0.153. The summed E-state index contributed by atoms with van der Waals surface area (Å²) in [5.41, 5.74) is -1.76. The van der Waals surface area contributed by atoms with Gasteiger partial charge in [0.05, 0.1) is 16.6 Å². The lowest BCUT2D eigenvalue weighted by molar-refractivity contribution is 0.153. The van der Waals surface area contributed by atoms with E-state index in [1.165, 1.54) is 12.1 Å². The third-order valence-electron chi connectivity index (χ3n) is 3.96. The van der Waals surface area contributed by atoms with Gasteiger partial charge in [0, 0.05) is 24.6 Å². The molecule has 0 atom stereocenters. The number of rotatable bonds is 5. The highest BCUT2D eigenvalue weighted by Gasteiger charge is 2.20. The molecule has 1 aromatic heterocycles. The van der Waals surface area contributed by atoms with Crippen LogP contribution in [0.25, 0.3) is 16.6 Å². The van der Waals surface area contributed by atoms with Gasteiger partial charge in [-0.2, -0.15) is 0 Å². The number of hydrogen-bond donors (Lipinski definition) is 2. The van der Waals surface area contributed by atoms with Crippen molar-refractivity contribution in [2.24, 2.45) is 0 Å². The minimum absolute atomic E-state index is 0.0266. The van der Waals surface area contributed by atoms with Crippen molar-refractivity contribution in [3.05, 3.63) is 69.8 Å².